The van der Waals surface area contributed by atoms with Crippen LogP contribution in [-0.2, 0) is 24.2 Å². The van der Waals surface area contributed by atoms with Crippen LogP contribution in [0.1, 0.15) is 46.3 Å². The highest BCUT2D eigenvalue weighted by molar-refractivity contribution is 5.94. The Kier molecular flexibility index (Phi) is 9.34. The van der Waals surface area contributed by atoms with Gasteiger partial charge in [-0.1, -0.05) is 30.3 Å². The molecule has 0 saturated carbocycles. The Hall–Kier alpha value is -4.59. The van der Waals surface area contributed by atoms with Crippen molar-refractivity contribution in [1.82, 2.24) is 10.3 Å². The molecule has 4 rings (SSSR count). The normalized spacial score (nSPS) is 10.7. The molecule has 0 aliphatic carbocycles. The number of oxazole rings is 1. The third-order valence-electron chi connectivity index (χ3n) is 6.15. The first kappa shape index (κ1) is 27.4. The number of benzene rings is 3. The van der Waals surface area contributed by atoms with Gasteiger partial charge in [0.2, 0.25) is 5.89 Å². The first-order chi connectivity index (χ1) is 18.9. The van der Waals surface area contributed by atoms with Gasteiger partial charge in [-0.15, -0.1) is 0 Å². The summed E-state index contributed by atoms with van der Waals surface area (Å²) in [6.07, 6.45) is 0.902. The van der Waals surface area contributed by atoms with E-state index in [0.717, 1.165) is 28.1 Å². The van der Waals surface area contributed by atoms with E-state index in [4.69, 9.17) is 19.0 Å². The van der Waals surface area contributed by atoms with Gasteiger partial charge in [0, 0.05) is 30.5 Å². The minimum Gasteiger partial charge on any atom is -0.494 e. The maximum absolute atomic E-state index is 12.8. The number of carboxylic acids is 1. The van der Waals surface area contributed by atoms with Crippen LogP contribution in [0.4, 0.5) is 0 Å². The fourth-order valence-corrected chi connectivity index (χ4v) is 4.14. The molecule has 2 N–H and O–H groups in total. The lowest BCUT2D eigenvalue weighted by Gasteiger charge is -2.14. The van der Waals surface area contributed by atoms with E-state index in [2.05, 4.69) is 10.3 Å². The number of hydrogen-bond donors (Lipinski definition) is 2. The molecule has 0 aliphatic rings. The molecule has 202 valence electrons. The summed E-state index contributed by atoms with van der Waals surface area (Å²) in [6.45, 7) is 4.89. The minimum atomic E-state index is -0.879. The molecule has 0 unspecified atom stereocenters. The van der Waals surface area contributed by atoms with Crippen LogP contribution in [0.2, 0.25) is 0 Å². The Balaban J connectivity index is 1.41. The lowest BCUT2D eigenvalue weighted by molar-refractivity contribution is -0.136. The summed E-state index contributed by atoms with van der Waals surface area (Å²) in [5.41, 5.74) is 3.87. The van der Waals surface area contributed by atoms with Gasteiger partial charge in [0.25, 0.3) is 5.91 Å². The quantitative estimate of drug-likeness (QED) is 0.232. The fraction of sp³-hybridized carbons (Fsp3) is 0.258. The van der Waals surface area contributed by atoms with Crippen molar-refractivity contribution in [1.29, 1.82) is 0 Å². The molecule has 0 aliphatic heterocycles. The highest BCUT2D eigenvalue weighted by atomic mass is 16.5. The van der Waals surface area contributed by atoms with Crippen molar-refractivity contribution in [2.75, 3.05) is 13.2 Å². The molecule has 0 bridgehead atoms. The van der Waals surface area contributed by atoms with Gasteiger partial charge in [-0.25, -0.2) is 4.98 Å². The second-order valence-corrected chi connectivity index (χ2v) is 8.95. The third kappa shape index (κ3) is 7.70. The van der Waals surface area contributed by atoms with Crippen molar-refractivity contribution in [2.24, 2.45) is 0 Å². The number of rotatable bonds is 13. The zero-order valence-corrected chi connectivity index (χ0v) is 22.1. The van der Waals surface area contributed by atoms with Crippen molar-refractivity contribution in [3.8, 4) is 23.0 Å². The average Bonchev–Trinajstić information content (AvgIpc) is 3.32. The summed E-state index contributed by atoms with van der Waals surface area (Å²) in [7, 11) is 0. The number of amides is 1. The van der Waals surface area contributed by atoms with Crippen LogP contribution in [0.3, 0.4) is 0 Å². The van der Waals surface area contributed by atoms with E-state index in [1.807, 2.05) is 62.4 Å². The molecule has 0 spiro atoms. The van der Waals surface area contributed by atoms with Crippen molar-refractivity contribution in [3.63, 3.8) is 0 Å². The molecule has 39 heavy (non-hydrogen) atoms. The molecule has 4 aromatic rings. The Morgan fingerprint density at radius 2 is 1.72 bits per heavy atom. The second-order valence-electron chi connectivity index (χ2n) is 8.95. The van der Waals surface area contributed by atoms with Gasteiger partial charge in [0.1, 0.15) is 17.3 Å². The Morgan fingerprint density at radius 3 is 2.49 bits per heavy atom. The maximum atomic E-state index is 12.8. The number of aliphatic carboxylic acids is 1. The summed E-state index contributed by atoms with van der Waals surface area (Å²) in [5.74, 6) is 1.45. The molecule has 3 aromatic carbocycles. The monoisotopic (exact) mass is 528 g/mol. The van der Waals surface area contributed by atoms with E-state index in [1.165, 1.54) is 0 Å². The molecular formula is C31H32N2O6. The molecule has 0 saturated heterocycles. The van der Waals surface area contributed by atoms with E-state index < -0.39 is 5.97 Å². The summed E-state index contributed by atoms with van der Waals surface area (Å²) >= 11 is 0. The third-order valence-corrected chi connectivity index (χ3v) is 6.15. The van der Waals surface area contributed by atoms with Crippen molar-refractivity contribution in [3.05, 3.63) is 101 Å². The smallest absolute Gasteiger partial charge is 0.303 e. The zero-order valence-electron chi connectivity index (χ0n) is 22.1. The van der Waals surface area contributed by atoms with Gasteiger partial charge < -0.3 is 24.3 Å². The molecule has 8 heteroatoms. The van der Waals surface area contributed by atoms with Gasteiger partial charge in [0.15, 0.2) is 0 Å². The van der Waals surface area contributed by atoms with Gasteiger partial charge in [-0.2, -0.15) is 0 Å². The van der Waals surface area contributed by atoms with Gasteiger partial charge in [-0.05, 0) is 73.9 Å². The second kappa shape index (κ2) is 13.3. The minimum absolute atomic E-state index is 0.00721. The number of ether oxygens (including phenoxy) is 2. The standard InChI is InChI=1S/C31H32N2O6/c1-3-37-26-11-7-10-24(18-26)30(36)32-20-25-19-27(14-12-22(25)13-15-29(34)35)38-17-16-28-21(2)39-31(33-28)23-8-5-4-6-9-23/h4-12,14,18-19H,3,13,15-17,20H2,1-2H3,(H,32,36)(H,34,35). The van der Waals surface area contributed by atoms with E-state index in [0.29, 0.717) is 49.0 Å². The number of carbonyl (C=O) groups excluding carboxylic acids is 1. The lowest BCUT2D eigenvalue weighted by atomic mass is 10.0. The van der Waals surface area contributed by atoms with Gasteiger partial charge in [0.05, 0.1) is 18.9 Å². The van der Waals surface area contributed by atoms with Crippen LogP contribution in [0.25, 0.3) is 11.5 Å². The molecule has 0 radical (unpaired) electrons. The summed E-state index contributed by atoms with van der Waals surface area (Å²) in [6, 6.07) is 22.2. The Morgan fingerprint density at radius 1 is 0.923 bits per heavy atom. The van der Waals surface area contributed by atoms with Crippen LogP contribution in [0.5, 0.6) is 11.5 Å². The molecular weight excluding hydrogens is 496 g/mol. The topological polar surface area (TPSA) is 111 Å². The largest absolute Gasteiger partial charge is 0.494 e. The predicted molar refractivity (Wildman–Crippen MR) is 147 cm³/mol. The van der Waals surface area contributed by atoms with Crippen molar-refractivity contribution >= 4 is 11.9 Å². The van der Waals surface area contributed by atoms with Crippen molar-refractivity contribution in [2.45, 2.75) is 39.7 Å². The van der Waals surface area contributed by atoms with Crippen LogP contribution < -0.4 is 14.8 Å². The van der Waals surface area contributed by atoms with E-state index in [-0.39, 0.29) is 18.9 Å². The summed E-state index contributed by atoms with van der Waals surface area (Å²) < 4.78 is 17.3. The zero-order chi connectivity index (χ0) is 27.6. The number of carbonyl (C=O) groups is 2. The maximum Gasteiger partial charge on any atom is 0.303 e. The number of carboxylic acid groups (broad SMARTS) is 1. The molecule has 0 fully saturated rings. The highest BCUT2D eigenvalue weighted by Crippen LogP contribution is 2.23. The van der Waals surface area contributed by atoms with E-state index >= 15 is 0 Å². The number of aromatic nitrogens is 1. The highest BCUT2D eigenvalue weighted by Gasteiger charge is 2.13. The summed E-state index contributed by atoms with van der Waals surface area (Å²) in [5, 5.41) is 12.1. The van der Waals surface area contributed by atoms with Crippen LogP contribution in [0, 0.1) is 6.92 Å². The first-order valence-corrected chi connectivity index (χ1v) is 12.9. The van der Waals surface area contributed by atoms with Crippen LogP contribution >= 0.6 is 0 Å². The first-order valence-electron chi connectivity index (χ1n) is 12.9. The predicted octanol–water partition coefficient (Wildman–Crippen LogP) is 5.62. The number of nitrogens with one attached hydrogen (secondary N) is 1. The fourth-order valence-electron chi connectivity index (χ4n) is 4.14. The van der Waals surface area contributed by atoms with Crippen LogP contribution in [0.15, 0.2) is 77.2 Å². The lowest BCUT2D eigenvalue weighted by Crippen LogP contribution is -2.23. The Labute approximate surface area is 227 Å². The molecule has 1 aromatic heterocycles. The van der Waals surface area contributed by atoms with Gasteiger partial charge >= 0.3 is 5.97 Å². The SMILES string of the molecule is CCOc1cccc(C(=O)NCc2cc(OCCc3nc(-c4ccccc4)oc3C)ccc2CCC(=O)O)c1. The summed E-state index contributed by atoms with van der Waals surface area (Å²) in [4.78, 5) is 28.6. The van der Waals surface area contributed by atoms with E-state index in [9.17, 15) is 9.59 Å². The molecule has 1 heterocycles. The van der Waals surface area contributed by atoms with Crippen molar-refractivity contribution < 1.29 is 28.6 Å². The molecule has 1 amide bonds. The van der Waals surface area contributed by atoms with Crippen LogP contribution in [-0.4, -0.2) is 35.2 Å². The number of hydrogen-bond acceptors (Lipinski definition) is 6. The number of nitrogens with zero attached hydrogens (tertiary/aromatic N) is 1. The number of aryl methyl sites for hydroxylation is 2. The average molecular weight is 529 g/mol. The Bertz CT molecular complexity index is 1410. The van der Waals surface area contributed by atoms with E-state index in [1.54, 1.807) is 24.3 Å². The van der Waals surface area contributed by atoms with Gasteiger partial charge in [-0.3, -0.25) is 9.59 Å². The molecule has 0 atom stereocenters. The molecule has 8 nitrogen and oxygen atoms in total.